The minimum atomic E-state index is -0.592. The molecule has 2 rings (SSSR count). The Hall–Kier alpha value is -1.79. The fraction of sp³-hybridized carbons (Fsp3) is 0.462. The average Bonchev–Trinajstić information content (AvgIpc) is 2.39. The molecule has 0 saturated carbocycles. The van der Waals surface area contributed by atoms with Gasteiger partial charge >= 0.3 is 5.97 Å². The molecule has 0 amide bonds. The van der Waals surface area contributed by atoms with Crippen molar-refractivity contribution >= 4 is 5.97 Å². The van der Waals surface area contributed by atoms with Crippen molar-refractivity contribution in [3.8, 4) is 11.5 Å². The summed E-state index contributed by atoms with van der Waals surface area (Å²) >= 11 is 0. The number of phenols is 2. The van der Waals surface area contributed by atoms with Crippen molar-refractivity contribution in [2.75, 3.05) is 39.5 Å². The molecule has 0 spiro atoms. The van der Waals surface area contributed by atoms with E-state index in [1.165, 1.54) is 12.1 Å². The minimum Gasteiger partial charge on any atom is -0.508 e. The maximum Gasteiger partial charge on any atom is 0.341 e. The molecule has 0 bridgehead atoms. The Morgan fingerprint density at radius 1 is 1.32 bits per heavy atom. The van der Waals surface area contributed by atoms with Crippen molar-refractivity contribution in [3.63, 3.8) is 0 Å². The van der Waals surface area contributed by atoms with E-state index in [9.17, 15) is 9.90 Å². The summed E-state index contributed by atoms with van der Waals surface area (Å²) in [5, 5.41) is 18.7. The second-order valence-electron chi connectivity index (χ2n) is 4.29. The van der Waals surface area contributed by atoms with Crippen molar-refractivity contribution in [1.29, 1.82) is 0 Å². The number of ether oxygens (including phenoxy) is 2. The number of phenolic OH excluding ortho intramolecular Hbond substituents is 2. The Bertz CT molecular complexity index is 443. The molecule has 1 heterocycles. The zero-order valence-electron chi connectivity index (χ0n) is 10.5. The van der Waals surface area contributed by atoms with E-state index in [1.807, 2.05) is 0 Å². The zero-order chi connectivity index (χ0) is 13.7. The fourth-order valence-corrected chi connectivity index (χ4v) is 1.86. The SMILES string of the molecule is O=C(OCCN1CCOCC1)c1ccc(O)cc1O. The standard InChI is InChI=1S/C13H17NO5/c15-10-1-2-11(12(16)9-10)13(17)19-8-5-14-3-6-18-7-4-14/h1-2,9,15-16H,3-8H2. The number of hydrogen-bond donors (Lipinski definition) is 2. The predicted molar refractivity (Wildman–Crippen MR) is 67.3 cm³/mol. The molecule has 6 heteroatoms. The Balaban J connectivity index is 1.80. The number of carbonyl (C=O) groups is 1. The van der Waals surface area contributed by atoms with Gasteiger partial charge in [0.2, 0.25) is 0 Å². The van der Waals surface area contributed by atoms with Gasteiger partial charge in [-0.3, -0.25) is 4.90 Å². The maximum atomic E-state index is 11.7. The Morgan fingerprint density at radius 3 is 2.74 bits per heavy atom. The molecular formula is C13H17NO5. The van der Waals surface area contributed by atoms with Gasteiger partial charge in [0, 0.05) is 25.7 Å². The van der Waals surface area contributed by atoms with Gasteiger partial charge in [-0.15, -0.1) is 0 Å². The Kier molecular flexibility index (Phi) is 4.59. The van der Waals surface area contributed by atoms with E-state index in [4.69, 9.17) is 14.6 Å². The minimum absolute atomic E-state index is 0.0553. The molecule has 0 aromatic heterocycles. The first-order valence-electron chi connectivity index (χ1n) is 6.16. The topological polar surface area (TPSA) is 79.2 Å². The number of rotatable bonds is 4. The van der Waals surface area contributed by atoms with E-state index in [1.54, 1.807) is 0 Å². The molecule has 0 atom stereocenters. The highest BCUT2D eigenvalue weighted by Gasteiger charge is 2.14. The first-order chi connectivity index (χ1) is 9.16. The van der Waals surface area contributed by atoms with Gasteiger partial charge in [0.15, 0.2) is 0 Å². The molecule has 6 nitrogen and oxygen atoms in total. The molecule has 0 aliphatic carbocycles. The van der Waals surface area contributed by atoms with Crippen LogP contribution in [-0.4, -0.2) is 60.5 Å². The first-order valence-corrected chi connectivity index (χ1v) is 6.16. The largest absolute Gasteiger partial charge is 0.508 e. The predicted octanol–water partition coefficient (Wildman–Crippen LogP) is 0.587. The van der Waals surface area contributed by atoms with Crippen LogP contribution in [0.25, 0.3) is 0 Å². The third-order valence-electron chi connectivity index (χ3n) is 2.95. The highest BCUT2D eigenvalue weighted by Crippen LogP contribution is 2.23. The van der Waals surface area contributed by atoms with E-state index in [0.29, 0.717) is 19.8 Å². The summed E-state index contributed by atoms with van der Waals surface area (Å²) in [4.78, 5) is 13.9. The lowest BCUT2D eigenvalue weighted by atomic mass is 10.2. The van der Waals surface area contributed by atoms with E-state index in [-0.39, 0.29) is 23.7 Å². The monoisotopic (exact) mass is 267 g/mol. The highest BCUT2D eigenvalue weighted by molar-refractivity contribution is 5.92. The molecule has 0 radical (unpaired) electrons. The lowest BCUT2D eigenvalue weighted by molar-refractivity contribution is 0.0194. The number of nitrogens with zero attached hydrogens (tertiary/aromatic N) is 1. The number of aromatic hydroxyl groups is 2. The van der Waals surface area contributed by atoms with Crippen LogP contribution in [0, 0.1) is 0 Å². The molecule has 1 fully saturated rings. The first kappa shape index (κ1) is 13.6. The molecule has 1 aliphatic rings. The van der Waals surface area contributed by atoms with Gasteiger partial charge in [-0.25, -0.2) is 4.79 Å². The van der Waals surface area contributed by atoms with Crippen LogP contribution in [0.15, 0.2) is 18.2 Å². The molecule has 1 aliphatic heterocycles. The van der Waals surface area contributed by atoms with Crippen molar-refractivity contribution in [2.24, 2.45) is 0 Å². The molecule has 104 valence electrons. The summed E-state index contributed by atoms with van der Waals surface area (Å²) in [5.41, 5.74) is 0.0553. The molecule has 0 unspecified atom stereocenters. The number of carbonyl (C=O) groups excluding carboxylic acids is 1. The van der Waals surface area contributed by atoms with Crippen LogP contribution in [0.1, 0.15) is 10.4 Å². The summed E-state index contributed by atoms with van der Waals surface area (Å²) in [5.74, 6) is -0.968. The van der Waals surface area contributed by atoms with Crippen LogP contribution < -0.4 is 0 Å². The Morgan fingerprint density at radius 2 is 2.05 bits per heavy atom. The van der Waals surface area contributed by atoms with Gasteiger partial charge in [-0.05, 0) is 12.1 Å². The summed E-state index contributed by atoms with van der Waals surface area (Å²) in [6, 6.07) is 3.78. The summed E-state index contributed by atoms with van der Waals surface area (Å²) < 4.78 is 10.3. The van der Waals surface area contributed by atoms with Gasteiger partial charge in [-0.1, -0.05) is 0 Å². The highest BCUT2D eigenvalue weighted by atomic mass is 16.5. The summed E-state index contributed by atoms with van der Waals surface area (Å²) in [6.45, 7) is 3.98. The summed E-state index contributed by atoms with van der Waals surface area (Å²) in [6.07, 6.45) is 0. The maximum absolute atomic E-state index is 11.7. The van der Waals surface area contributed by atoms with E-state index in [0.717, 1.165) is 19.2 Å². The number of morpholine rings is 1. The quantitative estimate of drug-likeness (QED) is 0.777. The lowest BCUT2D eigenvalue weighted by Gasteiger charge is -2.26. The fourth-order valence-electron chi connectivity index (χ4n) is 1.86. The second-order valence-corrected chi connectivity index (χ2v) is 4.29. The second kappa shape index (κ2) is 6.40. The summed E-state index contributed by atoms with van der Waals surface area (Å²) in [7, 11) is 0. The average molecular weight is 267 g/mol. The van der Waals surface area contributed by atoms with Gasteiger partial charge in [0.1, 0.15) is 23.7 Å². The normalized spacial score (nSPS) is 16.2. The van der Waals surface area contributed by atoms with Crippen LogP contribution in [-0.2, 0) is 9.47 Å². The van der Waals surface area contributed by atoms with Crippen LogP contribution in [0.2, 0.25) is 0 Å². The van der Waals surface area contributed by atoms with Gasteiger partial charge in [-0.2, -0.15) is 0 Å². The van der Waals surface area contributed by atoms with Crippen LogP contribution in [0.4, 0.5) is 0 Å². The molecule has 1 saturated heterocycles. The lowest BCUT2D eigenvalue weighted by Crippen LogP contribution is -2.38. The zero-order valence-corrected chi connectivity index (χ0v) is 10.5. The third-order valence-corrected chi connectivity index (χ3v) is 2.95. The van der Waals surface area contributed by atoms with Gasteiger partial charge in [0.05, 0.1) is 13.2 Å². The Labute approximate surface area is 111 Å². The molecule has 1 aromatic rings. The van der Waals surface area contributed by atoms with Crippen LogP contribution >= 0.6 is 0 Å². The van der Waals surface area contributed by atoms with Crippen molar-refractivity contribution in [1.82, 2.24) is 4.90 Å². The molecule has 2 N–H and O–H groups in total. The van der Waals surface area contributed by atoms with Gasteiger partial charge < -0.3 is 19.7 Å². The molecule has 1 aromatic carbocycles. The van der Waals surface area contributed by atoms with E-state index < -0.39 is 5.97 Å². The third kappa shape index (κ3) is 3.84. The van der Waals surface area contributed by atoms with Crippen molar-refractivity contribution in [2.45, 2.75) is 0 Å². The molecular weight excluding hydrogens is 250 g/mol. The smallest absolute Gasteiger partial charge is 0.341 e. The number of benzene rings is 1. The number of hydrogen-bond acceptors (Lipinski definition) is 6. The number of esters is 1. The van der Waals surface area contributed by atoms with Gasteiger partial charge in [0.25, 0.3) is 0 Å². The van der Waals surface area contributed by atoms with Crippen LogP contribution in [0.5, 0.6) is 11.5 Å². The van der Waals surface area contributed by atoms with Crippen molar-refractivity contribution < 1.29 is 24.5 Å². The van der Waals surface area contributed by atoms with E-state index >= 15 is 0 Å². The van der Waals surface area contributed by atoms with Crippen molar-refractivity contribution in [3.05, 3.63) is 23.8 Å². The van der Waals surface area contributed by atoms with Crippen LogP contribution in [0.3, 0.4) is 0 Å². The molecule has 19 heavy (non-hydrogen) atoms. The van der Waals surface area contributed by atoms with E-state index in [2.05, 4.69) is 4.90 Å².